The number of aliphatic imine (C=N–C) groups is 1. The lowest BCUT2D eigenvalue weighted by molar-refractivity contribution is 0.412. The first-order valence-electron chi connectivity index (χ1n) is 18.3. The summed E-state index contributed by atoms with van der Waals surface area (Å²) in [5.41, 5.74) is 11.2. The van der Waals surface area contributed by atoms with Gasteiger partial charge >= 0.3 is 0 Å². The van der Waals surface area contributed by atoms with Crippen molar-refractivity contribution in [2.75, 3.05) is 0 Å². The Morgan fingerprint density at radius 1 is 0.444 bits per heavy atom. The SMILES string of the molecule is c1ccc(C2=NC(c3ccc4cc(-c5ccccc5)ccc4c3)NC(c3c(-c4ccc5c(c4)oc4ccccc45)ccc4oc5ccccc5c34)N2)cc1. The summed E-state index contributed by atoms with van der Waals surface area (Å²) >= 11 is 0. The molecule has 256 valence electrons. The van der Waals surface area contributed by atoms with E-state index in [-0.39, 0.29) is 12.3 Å². The molecule has 10 aromatic rings. The molecule has 0 aliphatic carbocycles. The van der Waals surface area contributed by atoms with Crippen LogP contribution in [0.15, 0.2) is 190 Å². The number of para-hydroxylation sites is 2. The van der Waals surface area contributed by atoms with E-state index in [1.807, 2.05) is 30.3 Å². The number of amidine groups is 1. The van der Waals surface area contributed by atoms with Crippen molar-refractivity contribution in [1.29, 1.82) is 0 Å². The summed E-state index contributed by atoms with van der Waals surface area (Å²) < 4.78 is 12.9. The molecule has 3 heterocycles. The predicted octanol–water partition coefficient (Wildman–Crippen LogP) is 12.3. The number of hydrogen-bond donors (Lipinski definition) is 2. The van der Waals surface area contributed by atoms with Gasteiger partial charge in [-0.05, 0) is 81.1 Å². The number of furan rings is 2. The number of rotatable bonds is 5. The van der Waals surface area contributed by atoms with Crippen molar-refractivity contribution in [1.82, 2.24) is 10.6 Å². The van der Waals surface area contributed by atoms with Crippen LogP contribution in [0.4, 0.5) is 0 Å². The van der Waals surface area contributed by atoms with Gasteiger partial charge in [-0.3, -0.25) is 5.32 Å². The smallest absolute Gasteiger partial charge is 0.136 e. The van der Waals surface area contributed by atoms with Gasteiger partial charge in [0.05, 0.1) is 0 Å². The summed E-state index contributed by atoms with van der Waals surface area (Å²) in [6.07, 6.45) is -0.659. The Morgan fingerprint density at radius 3 is 1.93 bits per heavy atom. The molecule has 2 unspecified atom stereocenters. The van der Waals surface area contributed by atoms with Crippen LogP contribution in [0, 0.1) is 0 Å². The maximum atomic E-state index is 6.49. The molecule has 2 N–H and O–H groups in total. The maximum Gasteiger partial charge on any atom is 0.136 e. The number of nitrogens with one attached hydrogen (secondary N) is 2. The van der Waals surface area contributed by atoms with Crippen molar-refractivity contribution >= 4 is 60.5 Å². The molecule has 5 nitrogen and oxygen atoms in total. The van der Waals surface area contributed by atoms with Crippen molar-refractivity contribution in [2.45, 2.75) is 12.3 Å². The van der Waals surface area contributed by atoms with Crippen LogP contribution in [-0.2, 0) is 0 Å². The minimum atomic E-state index is -0.330. The van der Waals surface area contributed by atoms with Gasteiger partial charge in [-0.2, -0.15) is 0 Å². The van der Waals surface area contributed by atoms with Gasteiger partial charge in [-0.1, -0.05) is 133 Å². The molecule has 0 saturated carbocycles. The van der Waals surface area contributed by atoms with E-state index >= 15 is 0 Å². The van der Waals surface area contributed by atoms with Crippen LogP contribution in [0.1, 0.15) is 29.0 Å². The molecule has 54 heavy (non-hydrogen) atoms. The molecule has 2 atom stereocenters. The van der Waals surface area contributed by atoms with Crippen molar-refractivity contribution in [3.05, 3.63) is 193 Å². The van der Waals surface area contributed by atoms with Gasteiger partial charge in [0.25, 0.3) is 0 Å². The Kier molecular flexibility index (Phi) is 7.00. The van der Waals surface area contributed by atoms with Crippen LogP contribution in [-0.4, -0.2) is 5.84 Å². The summed E-state index contributed by atoms with van der Waals surface area (Å²) in [4.78, 5) is 5.32. The van der Waals surface area contributed by atoms with E-state index in [2.05, 4.69) is 156 Å². The molecule has 0 saturated heterocycles. The Balaban J connectivity index is 1.08. The second-order valence-corrected chi connectivity index (χ2v) is 14.0. The highest BCUT2D eigenvalue weighted by Crippen LogP contribution is 2.42. The highest BCUT2D eigenvalue weighted by Gasteiger charge is 2.30. The molecule has 1 aliphatic rings. The molecule has 0 bridgehead atoms. The van der Waals surface area contributed by atoms with Gasteiger partial charge in [0.2, 0.25) is 0 Å². The van der Waals surface area contributed by atoms with Crippen LogP contribution in [0.3, 0.4) is 0 Å². The molecule has 2 aromatic heterocycles. The number of benzene rings is 8. The lowest BCUT2D eigenvalue weighted by Crippen LogP contribution is -2.45. The van der Waals surface area contributed by atoms with Crippen molar-refractivity contribution in [3.8, 4) is 22.3 Å². The number of hydrogen-bond acceptors (Lipinski definition) is 5. The second-order valence-electron chi connectivity index (χ2n) is 14.0. The fraction of sp³-hybridized carbons (Fsp3) is 0.0408. The van der Waals surface area contributed by atoms with E-state index in [9.17, 15) is 0 Å². The molecule has 0 amide bonds. The average molecular weight is 696 g/mol. The summed E-state index contributed by atoms with van der Waals surface area (Å²) in [5.74, 6) is 0.826. The number of fused-ring (bicyclic) bond motifs is 7. The highest BCUT2D eigenvalue weighted by molar-refractivity contribution is 6.11. The summed E-state index contributed by atoms with van der Waals surface area (Å²) in [5, 5.41) is 14.5. The zero-order valence-electron chi connectivity index (χ0n) is 29.2. The second kappa shape index (κ2) is 12.3. The summed E-state index contributed by atoms with van der Waals surface area (Å²) in [7, 11) is 0. The minimum absolute atomic E-state index is 0.329. The van der Waals surface area contributed by atoms with Crippen molar-refractivity contribution < 1.29 is 8.83 Å². The standard InChI is InChI=1S/C49H33N3O2/c1-3-11-30(12-4-1)32-19-20-34-28-36(22-21-33(34)27-32)48-50-47(31-13-5-2-6-14-31)51-49(52-48)46-37(25-26-43-45(46)40-16-8-10-18-42(40)53-43)35-23-24-39-38-15-7-9-17-41(38)54-44(39)29-35/h1-29,48-49,52H,(H,50,51). The van der Waals surface area contributed by atoms with Crippen LogP contribution in [0.25, 0.3) is 76.9 Å². The molecule has 11 rings (SSSR count). The normalized spacial score (nSPS) is 16.0. The zero-order chi connectivity index (χ0) is 35.6. The topological polar surface area (TPSA) is 62.7 Å². The zero-order valence-corrected chi connectivity index (χ0v) is 29.2. The van der Waals surface area contributed by atoms with E-state index in [1.165, 1.54) is 21.9 Å². The minimum Gasteiger partial charge on any atom is -0.456 e. The van der Waals surface area contributed by atoms with E-state index in [0.29, 0.717) is 0 Å². The van der Waals surface area contributed by atoms with Gasteiger partial charge in [0.1, 0.15) is 40.5 Å². The van der Waals surface area contributed by atoms with Gasteiger partial charge < -0.3 is 14.2 Å². The van der Waals surface area contributed by atoms with E-state index in [4.69, 9.17) is 13.8 Å². The van der Waals surface area contributed by atoms with Gasteiger partial charge in [-0.15, -0.1) is 0 Å². The van der Waals surface area contributed by atoms with Crippen LogP contribution < -0.4 is 10.6 Å². The largest absolute Gasteiger partial charge is 0.456 e. The molecular weight excluding hydrogens is 663 g/mol. The van der Waals surface area contributed by atoms with E-state index in [0.717, 1.165) is 77.5 Å². The maximum absolute atomic E-state index is 6.49. The van der Waals surface area contributed by atoms with Gasteiger partial charge in [0, 0.05) is 32.7 Å². The molecule has 0 radical (unpaired) electrons. The van der Waals surface area contributed by atoms with E-state index < -0.39 is 0 Å². The third kappa shape index (κ3) is 5.09. The molecule has 1 aliphatic heterocycles. The Morgan fingerprint density at radius 2 is 1.09 bits per heavy atom. The summed E-state index contributed by atoms with van der Waals surface area (Å²) in [6, 6.07) is 61.6. The Bertz CT molecular complexity index is 3070. The first-order chi connectivity index (χ1) is 26.7. The first-order valence-corrected chi connectivity index (χ1v) is 18.3. The fourth-order valence-corrected chi connectivity index (χ4v) is 8.15. The lowest BCUT2D eigenvalue weighted by Gasteiger charge is -2.33. The fourth-order valence-electron chi connectivity index (χ4n) is 8.15. The Hall–Kier alpha value is -6.95. The van der Waals surface area contributed by atoms with Crippen LogP contribution in [0.5, 0.6) is 0 Å². The van der Waals surface area contributed by atoms with Gasteiger partial charge in [-0.25, -0.2) is 4.99 Å². The van der Waals surface area contributed by atoms with Crippen LogP contribution >= 0.6 is 0 Å². The van der Waals surface area contributed by atoms with Crippen LogP contribution in [0.2, 0.25) is 0 Å². The third-order valence-corrected chi connectivity index (χ3v) is 10.8. The highest BCUT2D eigenvalue weighted by atomic mass is 16.3. The third-order valence-electron chi connectivity index (χ3n) is 10.8. The molecule has 5 heteroatoms. The predicted molar refractivity (Wildman–Crippen MR) is 221 cm³/mol. The molecular formula is C49H33N3O2. The van der Waals surface area contributed by atoms with Crippen molar-refractivity contribution in [3.63, 3.8) is 0 Å². The average Bonchev–Trinajstić information content (AvgIpc) is 3.81. The molecule has 0 fully saturated rings. The van der Waals surface area contributed by atoms with Crippen molar-refractivity contribution in [2.24, 2.45) is 4.99 Å². The molecule has 0 spiro atoms. The quantitative estimate of drug-likeness (QED) is 0.188. The lowest BCUT2D eigenvalue weighted by atomic mass is 9.92. The monoisotopic (exact) mass is 695 g/mol. The van der Waals surface area contributed by atoms with Gasteiger partial charge in [0.15, 0.2) is 0 Å². The van der Waals surface area contributed by atoms with E-state index in [1.54, 1.807) is 0 Å². The Labute approximate surface area is 311 Å². The molecule has 8 aromatic carbocycles. The number of nitrogens with zero attached hydrogens (tertiary/aromatic N) is 1. The summed E-state index contributed by atoms with van der Waals surface area (Å²) in [6.45, 7) is 0. The first kappa shape index (κ1) is 30.7.